The van der Waals surface area contributed by atoms with Crippen LogP contribution < -0.4 is 5.32 Å². The number of hydrogen-bond donors (Lipinski definition) is 1. The summed E-state index contributed by atoms with van der Waals surface area (Å²) in [5.41, 5.74) is 1.74. The van der Waals surface area contributed by atoms with E-state index in [1.54, 1.807) is 12.3 Å². The van der Waals surface area contributed by atoms with Crippen LogP contribution in [-0.2, 0) is 0 Å². The molecule has 1 N–H and O–H groups in total. The molecular formula is C16H17ClN4. The zero-order chi connectivity index (χ0) is 15.2. The molecule has 0 spiro atoms. The largest absolute Gasteiger partial charge is 0.368 e. The topological polar surface area (TPSA) is 52.0 Å². The molecule has 1 heterocycles. The average molecular weight is 301 g/mol. The molecule has 2 aromatic rings. The predicted octanol–water partition coefficient (Wildman–Crippen LogP) is 3.32. The zero-order valence-corrected chi connectivity index (χ0v) is 12.8. The van der Waals surface area contributed by atoms with Crippen molar-refractivity contribution in [1.29, 1.82) is 5.26 Å². The molecule has 108 valence electrons. The van der Waals surface area contributed by atoms with Crippen LogP contribution in [0.3, 0.4) is 0 Å². The summed E-state index contributed by atoms with van der Waals surface area (Å²) in [6.45, 7) is 0.716. The van der Waals surface area contributed by atoms with Gasteiger partial charge in [0, 0.05) is 17.8 Å². The number of halogens is 1. The molecule has 1 aromatic carbocycles. The molecule has 0 bridgehead atoms. The van der Waals surface area contributed by atoms with Gasteiger partial charge in [-0.25, -0.2) is 4.98 Å². The van der Waals surface area contributed by atoms with Crippen LogP contribution in [0.1, 0.15) is 17.2 Å². The van der Waals surface area contributed by atoms with E-state index in [4.69, 9.17) is 16.9 Å². The highest BCUT2D eigenvalue weighted by atomic mass is 35.5. The van der Waals surface area contributed by atoms with Crippen molar-refractivity contribution in [2.75, 3.05) is 26.0 Å². The van der Waals surface area contributed by atoms with E-state index in [0.717, 1.165) is 10.8 Å². The highest BCUT2D eigenvalue weighted by Crippen LogP contribution is 2.21. The molecule has 2 rings (SSSR count). The molecule has 0 aliphatic rings. The van der Waals surface area contributed by atoms with Gasteiger partial charge in [0.2, 0.25) is 0 Å². The Morgan fingerprint density at radius 1 is 1.24 bits per heavy atom. The minimum atomic E-state index is 0.208. The molecule has 0 aliphatic heterocycles. The second kappa shape index (κ2) is 7.07. The van der Waals surface area contributed by atoms with E-state index in [0.29, 0.717) is 12.1 Å². The highest BCUT2D eigenvalue weighted by Gasteiger charge is 2.14. The van der Waals surface area contributed by atoms with Crippen LogP contribution in [0.4, 0.5) is 5.82 Å². The number of nitrogens with one attached hydrogen (secondary N) is 1. The average Bonchev–Trinajstić information content (AvgIpc) is 2.49. The summed E-state index contributed by atoms with van der Waals surface area (Å²) in [6.07, 6.45) is 1.56. The van der Waals surface area contributed by atoms with Crippen LogP contribution in [0.2, 0.25) is 5.02 Å². The van der Waals surface area contributed by atoms with Crippen LogP contribution in [-0.4, -0.2) is 30.5 Å². The number of anilines is 1. The third kappa shape index (κ3) is 4.19. The van der Waals surface area contributed by atoms with Crippen molar-refractivity contribution < 1.29 is 0 Å². The highest BCUT2D eigenvalue weighted by molar-refractivity contribution is 6.30. The third-order valence-electron chi connectivity index (χ3n) is 3.25. The van der Waals surface area contributed by atoms with Crippen LogP contribution in [0.5, 0.6) is 0 Å². The fourth-order valence-corrected chi connectivity index (χ4v) is 2.18. The first-order valence-corrected chi connectivity index (χ1v) is 7.00. The predicted molar refractivity (Wildman–Crippen MR) is 85.3 cm³/mol. The van der Waals surface area contributed by atoms with Crippen molar-refractivity contribution in [3.05, 3.63) is 58.7 Å². The Balaban J connectivity index is 2.06. The van der Waals surface area contributed by atoms with Gasteiger partial charge in [-0.2, -0.15) is 5.26 Å². The third-order valence-corrected chi connectivity index (χ3v) is 3.50. The second-order valence-electron chi connectivity index (χ2n) is 4.96. The molecule has 21 heavy (non-hydrogen) atoms. The van der Waals surface area contributed by atoms with Crippen molar-refractivity contribution in [3.63, 3.8) is 0 Å². The van der Waals surface area contributed by atoms with Gasteiger partial charge in [0.25, 0.3) is 0 Å². The Kier molecular flexibility index (Phi) is 5.15. The summed E-state index contributed by atoms with van der Waals surface area (Å²) in [5.74, 6) is 0.759. The Hall–Kier alpha value is -2.09. The van der Waals surface area contributed by atoms with Gasteiger partial charge in [0.15, 0.2) is 0 Å². The van der Waals surface area contributed by atoms with Crippen molar-refractivity contribution in [1.82, 2.24) is 9.88 Å². The lowest BCUT2D eigenvalue weighted by atomic mass is 10.1. The maximum Gasteiger partial charge on any atom is 0.126 e. The van der Waals surface area contributed by atoms with Crippen molar-refractivity contribution in [2.24, 2.45) is 0 Å². The van der Waals surface area contributed by atoms with Gasteiger partial charge in [-0.1, -0.05) is 23.7 Å². The summed E-state index contributed by atoms with van der Waals surface area (Å²) in [7, 11) is 4.07. The Bertz CT molecular complexity index is 614. The Labute approximate surface area is 130 Å². The fraction of sp³-hybridized carbons (Fsp3) is 0.250. The summed E-state index contributed by atoms with van der Waals surface area (Å²) < 4.78 is 0. The summed E-state index contributed by atoms with van der Waals surface area (Å²) in [6, 6.07) is 13.7. The maximum atomic E-state index is 8.76. The molecule has 1 unspecified atom stereocenters. The molecule has 0 aliphatic carbocycles. The lowest BCUT2D eigenvalue weighted by Gasteiger charge is -2.25. The molecule has 0 amide bonds. The normalized spacial score (nSPS) is 12.0. The molecule has 1 atom stereocenters. The van der Waals surface area contributed by atoms with Gasteiger partial charge in [-0.3, -0.25) is 0 Å². The van der Waals surface area contributed by atoms with Gasteiger partial charge >= 0.3 is 0 Å². The maximum absolute atomic E-state index is 8.76. The van der Waals surface area contributed by atoms with Gasteiger partial charge < -0.3 is 10.2 Å². The minimum Gasteiger partial charge on any atom is -0.368 e. The summed E-state index contributed by atoms with van der Waals surface area (Å²) in [5, 5.41) is 12.8. The first kappa shape index (κ1) is 15.3. The number of nitriles is 1. The van der Waals surface area contributed by atoms with E-state index in [9.17, 15) is 0 Å². The smallest absolute Gasteiger partial charge is 0.126 e. The standard InChI is InChI=1S/C16H17ClN4/c1-21(2)15(13-4-6-14(17)7-5-13)11-20-16-8-3-12(9-18)10-19-16/h3-8,10,15H,11H2,1-2H3,(H,19,20). The number of nitrogens with zero attached hydrogens (tertiary/aromatic N) is 3. The van der Waals surface area contributed by atoms with Gasteiger partial charge in [-0.15, -0.1) is 0 Å². The molecular weight excluding hydrogens is 284 g/mol. The number of benzene rings is 1. The molecule has 1 aromatic heterocycles. The quantitative estimate of drug-likeness (QED) is 0.920. The number of likely N-dealkylation sites (N-methyl/N-ethyl adjacent to an activating group) is 1. The number of aromatic nitrogens is 1. The molecule has 5 heteroatoms. The first-order valence-electron chi connectivity index (χ1n) is 6.62. The molecule has 0 saturated heterocycles. The SMILES string of the molecule is CN(C)C(CNc1ccc(C#N)cn1)c1ccc(Cl)cc1. The van der Waals surface area contributed by atoms with Gasteiger partial charge in [0.05, 0.1) is 11.6 Å². The minimum absolute atomic E-state index is 0.208. The summed E-state index contributed by atoms with van der Waals surface area (Å²) >= 11 is 5.93. The monoisotopic (exact) mass is 300 g/mol. The van der Waals surface area contributed by atoms with Crippen LogP contribution in [0.15, 0.2) is 42.6 Å². The van der Waals surface area contributed by atoms with Crippen molar-refractivity contribution in [2.45, 2.75) is 6.04 Å². The first-order chi connectivity index (χ1) is 10.1. The van der Waals surface area contributed by atoms with E-state index in [1.807, 2.05) is 44.4 Å². The Morgan fingerprint density at radius 3 is 2.48 bits per heavy atom. The second-order valence-corrected chi connectivity index (χ2v) is 5.39. The van der Waals surface area contributed by atoms with Gasteiger partial charge in [0.1, 0.15) is 11.9 Å². The fourth-order valence-electron chi connectivity index (χ4n) is 2.05. The van der Waals surface area contributed by atoms with Crippen molar-refractivity contribution in [3.8, 4) is 6.07 Å². The lowest BCUT2D eigenvalue weighted by Crippen LogP contribution is -2.27. The van der Waals surface area contributed by atoms with Crippen LogP contribution >= 0.6 is 11.6 Å². The number of rotatable bonds is 5. The van der Waals surface area contributed by atoms with E-state index in [-0.39, 0.29) is 6.04 Å². The Morgan fingerprint density at radius 2 is 1.95 bits per heavy atom. The molecule has 0 fully saturated rings. The van der Waals surface area contributed by atoms with E-state index in [2.05, 4.69) is 21.3 Å². The van der Waals surface area contributed by atoms with E-state index < -0.39 is 0 Å². The lowest BCUT2D eigenvalue weighted by molar-refractivity contribution is 0.311. The molecule has 4 nitrogen and oxygen atoms in total. The summed E-state index contributed by atoms with van der Waals surface area (Å²) in [4.78, 5) is 6.35. The zero-order valence-electron chi connectivity index (χ0n) is 12.0. The van der Waals surface area contributed by atoms with E-state index in [1.165, 1.54) is 5.56 Å². The van der Waals surface area contributed by atoms with Crippen LogP contribution in [0, 0.1) is 11.3 Å². The molecule has 0 radical (unpaired) electrons. The van der Waals surface area contributed by atoms with Crippen LogP contribution in [0.25, 0.3) is 0 Å². The number of hydrogen-bond acceptors (Lipinski definition) is 4. The van der Waals surface area contributed by atoms with Crippen molar-refractivity contribution >= 4 is 17.4 Å². The number of pyridine rings is 1. The molecule has 0 saturated carbocycles. The van der Waals surface area contributed by atoms with E-state index >= 15 is 0 Å². The van der Waals surface area contributed by atoms with Gasteiger partial charge in [-0.05, 0) is 43.9 Å².